The van der Waals surface area contributed by atoms with Crippen molar-refractivity contribution in [1.29, 1.82) is 0 Å². The van der Waals surface area contributed by atoms with Gasteiger partial charge in [-0.1, -0.05) is 12.8 Å². The van der Waals surface area contributed by atoms with E-state index in [0.29, 0.717) is 12.5 Å². The molecule has 0 aromatic heterocycles. The van der Waals surface area contributed by atoms with Crippen molar-refractivity contribution in [3.63, 3.8) is 0 Å². The van der Waals surface area contributed by atoms with E-state index in [9.17, 15) is 8.42 Å². The molecule has 12 heavy (non-hydrogen) atoms. The van der Waals surface area contributed by atoms with Gasteiger partial charge in [-0.25, -0.2) is 0 Å². The van der Waals surface area contributed by atoms with Crippen LogP contribution in [0.25, 0.3) is 0 Å². The van der Waals surface area contributed by atoms with Gasteiger partial charge < -0.3 is 0 Å². The van der Waals surface area contributed by atoms with Gasteiger partial charge in [0.2, 0.25) is 0 Å². The number of hydrogen-bond acceptors (Lipinski definition) is 2. The van der Waals surface area contributed by atoms with E-state index in [0.717, 1.165) is 12.8 Å². The minimum atomic E-state index is -3.48. The summed E-state index contributed by atoms with van der Waals surface area (Å²) in [5.74, 6) is 0.517. The topological polar surface area (TPSA) is 37.4 Å². The summed E-state index contributed by atoms with van der Waals surface area (Å²) in [6, 6.07) is 0. The summed E-state index contributed by atoms with van der Waals surface area (Å²) < 4.78 is 22.8. The molecule has 0 N–H and O–H groups in total. The van der Waals surface area contributed by atoms with Gasteiger partial charge in [0.1, 0.15) is 0 Å². The molecule has 3 nitrogen and oxygen atoms in total. The van der Waals surface area contributed by atoms with Crippen molar-refractivity contribution in [2.24, 2.45) is 5.92 Å². The highest BCUT2D eigenvalue weighted by molar-refractivity contribution is 8.11. The summed E-state index contributed by atoms with van der Waals surface area (Å²) in [4.78, 5) is 0. The van der Waals surface area contributed by atoms with Crippen LogP contribution in [0.5, 0.6) is 0 Å². The van der Waals surface area contributed by atoms with Crippen molar-refractivity contribution in [1.82, 2.24) is 4.31 Å². The second-order valence-electron chi connectivity index (χ2n) is 3.37. The first kappa shape index (κ1) is 10.3. The molecule has 5 heteroatoms. The molecule has 0 saturated heterocycles. The number of nitrogens with zero attached hydrogens (tertiary/aromatic N) is 1. The molecule has 0 heterocycles. The molecule has 1 rings (SSSR count). The Morgan fingerprint density at radius 1 is 1.42 bits per heavy atom. The van der Waals surface area contributed by atoms with Gasteiger partial charge in [0, 0.05) is 24.3 Å². The van der Waals surface area contributed by atoms with Crippen molar-refractivity contribution >= 4 is 19.9 Å². The highest BCUT2D eigenvalue weighted by Crippen LogP contribution is 2.26. The van der Waals surface area contributed by atoms with Crippen molar-refractivity contribution in [2.75, 3.05) is 13.6 Å². The molecule has 0 atom stereocenters. The lowest BCUT2D eigenvalue weighted by molar-refractivity contribution is 0.394. The van der Waals surface area contributed by atoms with E-state index in [-0.39, 0.29) is 0 Å². The van der Waals surface area contributed by atoms with Crippen LogP contribution in [0, 0.1) is 5.92 Å². The largest absolute Gasteiger partial charge is 0.299 e. The Hall–Kier alpha value is 0.200. The molecule has 0 amide bonds. The van der Waals surface area contributed by atoms with E-state index in [1.54, 1.807) is 0 Å². The average Bonchev–Trinajstić information content (AvgIpc) is 2.37. The summed E-state index contributed by atoms with van der Waals surface area (Å²) in [6.07, 6.45) is 4.72. The lowest BCUT2D eigenvalue weighted by Gasteiger charge is -2.16. The Morgan fingerprint density at radius 3 is 2.33 bits per heavy atom. The fraction of sp³-hybridized carbons (Fsp3) is 1.00. The predicted octanol–water partition coefficient (Wildman–Crippen LogP) is 1.59. The molecule has 0 bridgehead atoms. The summed E-state index contributed by atoms with van der Waals surface area (Å²) in [7, 11) is 3.20. The first-order valence-corrected chi connectivity index (χ1v) is 6.42. The molecule has 72 valence electrons. The Kier molecular flexibility index (Phi) is 3.37. The van der Waals surface area contributed by atoms with E-state index < -0.39 is 9.24 Å². The molecule has 1 aliphatic carbocycles. The van der Waals surface area contributed by atoms with Gasteiger partial charge in [0.25, 0.3) is 9.24 Å². The van der Waals surface area contributed by atoms with Crippen LogP contribution in [0.4, 0.5) is 0 Å². The van der Waals surface area contributed by atoms with Gasteiger partial charge in [-0.3, -0.25) is 0 Å². The zero-order valence-electron chi connectivity index (χ0n) is 7.16. The van der Waals surface area contributed by atoms with Gasteiger partial charge in [0.05, 0.1) is 0 Å². The molecule has 0 spiro atoms. The van der Waals surface area contributed by atoms with Crippen LogP contribution in [-0.2, 0) is 9.24 Å². The second kappa shape index (κ2) is 3.94. The van der Waals surface area contributed by atoms with Gasteiger partial charge in [-0.2, -0.15) is 12.7 Å². The maximum Gasteiger partial charge on any atom is 0.299 e. The predicted molar refractivity (Wildman–Crippen MR) is 49.4 cm³/mol. The Bertz CT molecular complexity index is 234. The Balaban J connectivity index is 2.40. The highest BCUT2D eigenvalue weighted by atomic mass is 35.7. The molecule has 0 unspecified atom stereocenters. The number of hydrogen-bond donors (Lipinski definition) is 0. The quantitative estimate of drug-likeness (QED) is 0.665. The van der Waals surface area contributed by atoms with Gasteiger partial charge >= 0.3 is 0 Å². The number of halogens is 1. The Morgan fingerprint density at radius 2 is 1.92 bits per heavy atom. The molecule has 0 radical (unpaired) electrons. The summed E-state index contributed by atoms with van der Waals surface area (Å²) in [6.45, 7) is 0.575. The number of rotatable bonds is 3. The van der Waals surface area contributed by atoms with Crippen LogP contribution < -0.4 is 0 Å². The van der Waals surface area contributed by atoms with E-state index in [1.807, 2.05) is 0 Å². The van der Waals surface area contributed by atoms with Crippen molar-refractivity contribution < 1.29 is 8.42 Å². The van der Waals surface area contributed by atoms with Crippen LogP contribution in [0.3, 0.4) is 0 Å². The lowest BCUT2D eigenvalue weighted by Crippen LogP contribution is -2.27. The fourth-order valence-corrected chi connectivity index (χ4v) is 2.20. The molecule has 0 aliphatic heterocycles. The van der Waals surface area contributed by atoms with Crippen molar-refractivity contribution in [2.45, 2.75) is 25.7 Å². The second-order valence-corrected chi connectivity index (χ2v) is 5.99. The first-order chi connectivity index (χ1) is 5.50. The summed E-state index contributed by atoms with van der Waals surface area (Å²) in [5, 5.41) is 0. The van der Waals surface area contributed by atoms with E-state index in [1.165, 1.54) is 24.2 Å². The SMILES string of the molecule is CN(CC1CCCC1)S(=O)(=O)Cl. The van der Waals surface area contributed by atoms with Crippen molar-refractivity contribution in [3.05, 3.63) is 0 Å². The average molecular weight is 212 g/mol. The van der Waals surface area contributed by atoms with Crippen molar-refractivity contribution in [3.8, 4) is 0 Å². The summed E-state index contributed by atoms with van der Waals surface area (Å²) >= 11 is 0. The minimum Gasteiger partial charge on any atom is -0.195 e. The lowest BCUT2D eigenvalue weighted by atomic mass is 10.1. The molecule has 1 aliphatic rings. The molecule has 1 fully saturated rings. The van der Waals surface area contributed by atoms with E-state index in [4.69, 9.17) is 10.7 Å². The van der Waals surface area contributed by atoms with E-state index in [2.05, 4.69) is 0 Å². The van der Waals surface area contributed by atoms with Gasteiger partial charge in [0.15, 0.2) is 0 Å². The highest BCUT2D eigenvalue weighted by Gasteiger charge is 2.21. The molecule has 1 saturated carbocycles. The molecular formula is C7H14ClNO2S. The van der Waals surface area contributed by atoms with Crippen LogP contribution in [0.2, 0.25) is 0 Å². The standard InChI is InChI=1S/C7H14ClNO2S/c1-9(12(8,10)11)6-7-4-2-3-5-7/h7H,2-6H2,1H3. The van der Waals surface area contributed by atoms with E-state index >= 15 is 0 Å². The van der Waals surface area contributed by atoms with Gasteiger partial charge in [-0.15, -0.1) is 0 Å². The molecule has 0 aromatic rings. The third-order valence-corrected chi connectivity index (χ3v) is 3.96. The van der Waals surface area contributed by atoms with Crippen LogP contribution in [0.1, 0.15) is 25.7 Å². The molecular weight excluding hydrogens is 198 g/mol. The monoisotopic (exact) mass is 211 g/mol. The van der Waals surface area contributed by atoms with Crippen LogP contribution in [-0.4, -0.2) is 26.3 Å². The Labute approximate surface area is 78.3 Å². The smallest absolute Gasteiger partial charge is 0.195 e. The maximum atomic E-state index is 10.8. The van der Waals surface area contributed by atoms with Gasteiger partial charge in [-0.05, 0) is 18.8 Å². The normalized spacial score (nSPS) is 20.6. The third kappa shape index (κ3) is 2.92. The van der Waals surface area contributed by atoms with Crippen LogP contribution >= 0.6 is 10.7 Å². The molecule has 0 aromatic carbocycles. The minimum absolute atomic E-state index is 0.517. The zero-order valence-corrected chi connectivity index (χ0v) is 8.74. The first-order valence-electron chi connectivity index (χ1n) is 4.16. The summed E-state index contributed by atoms with van der Waals surface area (Å²) in [5.41, 5.74) is 0. The maximum absolute atomic E-state index is 10.8. The zero-order chi connectivity index (χ0) is 9.19. The van der Waals surface area contributed by atoms with Crippen LogP contribution in [0.15, 0.2) is 0 Å². The fourth-order valence-electron chi connectivity index (χ4n) is 1.65. The third-order valence-electron chi connectivity index (χ3n) is 2.36.